The van der Waals surface area contributed by atoms with Crippen LogP contribution in [0.5, 0.6) is 5.75 Å². The molecule has 154 valence electrons. The van der Waals surface area contributed by atoms with E-state index in [1.54, 1.807) is 13.0 Å². The Balaban J connectivity index is 1.88. The fraction of sp³-hybridized carbons (Fsp3) is 0.158. The lowest BCUT2D eigenvalue weighted by molar-refractivity contribution is -0.385. The van der Waals surface area contributed by atoms with Crippen molar-refractivity contribution in [1.82, 2.24) is 9.78 Å². The van der Waals surface area contributed by atoms with Gasteiger partial charge in [-0.15, -0.1) is 0 Å². The van der Waals surface area contributed by atoms with E-state index in [2.05, 4.69) is 5.10 Å². The van der Waals surface area contributed by atoms with E-state index in [1.165, 1.54) is 53.3 Å². The van der Waals surface area contributed by atoms with Gasteiger partial charge in [0, 0.05) is 24.3 Å². The van der Waals surface area contributed by atoms with E-state index in [4.69, 9.17) is 9.47 Å². The van der Waals surface area contributed by atoms with Crippen LogP contribution >= 0.6 is 0 Å². The summed E-state index contributed by atoms with van der Waals surface area (Å²) in [5.74, 6) is -0.592. The van der Waals surface area contributed by atoms with Gasteiger partial charge in [-0.05, 0) is 24.6 Å². The summed E-state index contributed by atoms with van der Waals surface area (Å²) >= 11 is 0. The lowest BCUT2D eigenvalue weighted by Crippen LogP contribution is -2.08. The van der Waals surface area contributed by atoms with Gasteiger partial charge in [0.15, 0.2) is 5.75 Å². The predicted molar refractivity (Wildman–Crippen MR) is 104 cm³/mol. The minimum atomic E-state index is -0.702. The molecular weight excluding hydrogens is 396 g/mol. The molecule has 3 rings (SSSR count). The highest BCUT2D eigenvalue weighted by molar-refractivity contribution is 5.90. The number of rotatable bonds is 8. The first-order valence-electron chi connectivity index (χ1n) is 8.76. The normalized spacial score (nSPS) is 10.4. The maximum atomic E-state index is 12.3. The molecule has 0 saturated heterocycles. The van der Waals surface area contributed by atoms with Gasteiger partial charge in [-0.1, -0.05) is 12.1 Å². The number of esters is 1. The van der Waals surface area contributed by atoms with Gasteiger partial charge in [-0.2, -0.15) is 5.10 Å². The van der Waals surface area contributed by atoms with Crippen molar-refractivity contribution in [2.24, 2.45) is 0 Å². The van der Waals surface area contributed by atoms with Gasteiger partial charge in [0.25, 0.3) is 11.4 Å². The number of carbonyl (C=O) groups excluding carboxylic acids is 1. The second-order valence-corrected chi connectivity index (χ2v) is 6.00. The highest BCUT2D eigenvalue weighted by Gasteiger charge is 2.21. The smallest absolute Gasteiger partial charge is 0.362 e. The number of nitrogens with zero attached hydrogens (tertiary/aromatic N) is 4. The number of non-ortho nitro benzene ring substituents is 2. The number of carbonyl (C=O) groups is 1. The molecule has 0 aliphatic carbocycles. The number of hydrogen-bond donors (Lipinski definition) is 0. The maximum absolute atomic E-state index is 12.3. The molecule has 0 radical (unpaired) electrons. The highest BCUT2D eigenvalue weighted by Crippen LogP contribution is 2.24. The summed E-state index contributed by atoms with van der Waals surface area (Å²) < 4.78 is 12.0. The minimum Gasteiger partial charge on any atom is -0.485 e. The maximum Gasteiger partial charge on any atom is 0.362 e. The number of benzene rings is 2. The topological polar surface area (TPSA) is 140 Å². The van der Waals surface area contributed by atoms with E-state index in [-0.39, 0.29) is 36.0 Å². The fourth-order valence-corrected chi connectivity index (χ4v) is 2.58. The molecule has 1 aromatic heterocycles. The van der Waals surface area contributed by atoms with Crippen molar-refractivity contribution in [1.29, 1.82) is 0 Å². The van der Waals surface area contributed by atoms with Crippen molar-refractivity contribution < 1.29 is 24.1 Å². The highest BCUT2D eigenvalue weighted by atomic mass is 16.6. The van der Waals surface area contributed by atoms with Gasteiger partial charge in [-0.3, -0.25) is 20.2 Å². The molecule has 1 heterocycles. The van der Waals surface area contributed by atoms with E-state index in [9.17, 15) is 25.0 Å². The lowest BCUT2D eigenvalue weighted by atomic mass is 10.2. The standard InChI is InChI=1S/C19H16N4O7/c1-2-29-19(24)18-17(30-12-13-4-3-5-16(10-13)23(27)28)11-21(20-18)14-6-8-15(9-7-14)22(25)26/h3-11H,2,12H2,1H3. The number of ether oxygens (including phenoxy) is 2. The van der Waals surface area contributed by atoms with Crippen molar-refractivity contribution in [2.45, 2.75) is 13.5 Å². The monoisotopic (exact) mass is 412 g/mol. The van der Waals surface area contributed by atoms with Crippen molar-refractivity contribution in [3.05, 3.63) is 86.2 Å². The first-order chi connectivity index (χ1) is 14.4. The van der Waals surface area contributed by atoms with Gasteiger partial charge in [0.05, 0.1) is 28.3 Å². The lowest BCUT2D eigenvalue weighted by Gasteiger charge is -2.06. The Morgan fingerprint density at radius 1 is 1.07 bits per heavy atom. The van der Waals surface area contributed by atoms with E-state index in [0.29, 0.717) is 11.3 Å². The second kappa shape index (κ2) is 8.82. The molecule has 0 spiro atoms. The van der Waals surface area contributed by atoms with Crippen LogP contribution in [-0.4, -0.2) is 32.2 Å². The molecule has 0 aliphatic rings. The Kier molecular flexibility index (Phi) is 6.01. The van der Waals surface area contributed by atoms with Crippen LogP contribution < -0.4 is 4.74 Å². The third-order valence-electron chi connectivity index (χ3n) is 3.99. The molecule has 0 bridgehead atoms. The average Bonchev–Trinajstić information content (AvgIpc) is 3.17. The molecule has 0 N–H and O–H groups in total. The zero-order valence-corrected chi connectivity index (χ0v) is 15.8. The van der Waals surface area contributed by atoms with Crippen LogP contribution in [0.15, 0.2) is 54.7 Å². The molecule has 2 aromatic carbocycles. The molecular formula is C19H16N4O7. The first kappa shape index (κ1) is 20.5. The number of aromatic nitrogens is 2. The molecule has 0 fully saturated rings. The Hall–Kier alpha value is -4.28. The Bertz CT molecular complexity index is 1090. The van der Waals surface area contributed by atoms with E-state index < -0.39 is 15.8 Å². The second-order valence-electron chi connectivity index (χ2n) is 6.00. The first-order valence-corrected chi connectivity index (χ1v) is 8.76. The summed E-state index contributed by atoms with van der Waals surface area (Å²) in [7, 11) is 0. The van der Waals surface area contributed by atoms with Gasteiger partial charge in [0.1, 0.15) is 6.61 Å². The van der Waals surface area contributed by atoms with Crippen LogP contribution in [0, 0.1) is 20.2 Å². The Labute approximate surface area is 169 Å². The van der Waals surface area contributed by atoms with E-state index in [0.717, 1.165) is 0 Å². The summed E-state index contributed by atoms with van der Waals surface area (Å²) in [6.45, 7) is 1.74. The zero-order valence-electron chi connectivity index (χ0n) is 15.8. The van der Waals surface area contributed by atoms with Crippen LogP contribution in [-0.2, 0) is 11.3 Å². The van der Waals surface area contributed by atoms with Gasteiger partial charge >= 0.3 is 5.97 Å². The minimum absolute atomic E-state index is 0.0416. The molecule has 0 atom stereocenters. The van der Waals surface area contributed by atoms with Crippen LogP contribution in [0.4, 0.5) is 11.4 Å². The van der Waals surface area contributed by atoms with Gasteiger partial charge < -0.3 is 9.47 Å². The quantitative estimate of drug-likeness (QED) is 0.311. The van der Waals surface area contributed by atoms with Crippen molar-refractivity contribution in [3.8, 4) is 11.4 Å². The summed E-state index contributed by atoms with van der Waals surface area (Å²) in [4.78, 5) is 32.9. The largest absolute Gasteiger partial charge is 0.485 e. The van der Waals surface area contributed by atoms with Crippen molar-refractivity contribution in [3.63, 3.8) is 0 Å². The number of nitro groups is 2. The van der Waals surface area contributed by atoms with Crippen LogP contribution in [0.1, 0.15) is 23.0 Å². The molecule has 11 nitrogen and oxygen atoms in total. The third kappa shape index (κ3) is 4.58. The molecule has 0 saturated carbocycles. The SMILES string of the molecule is CCOC(=O)c1nn(-c2ccc([N+](=O)[O-])cc2)cc1OCc1cccc([N+](=O)[O-])c1. The van der Waals surface area contributed by atoms with Crippen LogP contribution in [0.2, 0.25) is 0 Å². The van der Waals surface area contributed by atoms with Gasteiger partial charge in [0.2, 0.25) is 5.69 Å². The van der Waals surface area contributed by atoms with Crippen molar-refractivity contribution >= 4 is 17.3 Å². The summed E-state index contributed by atoms with van der Waals surface area (Å²) in [5.41, 5.74) is 0.751. The summed E-state index contributed by atoms with van der Waals surface area (Å²) in [5, 5.41) is 25.9. The van der Waals surface area contributed by atoms with E-state index in [1.807, 2.05) is 0 Å². The molecule has 0 unspecified atom stereocenters. The molecule has 11 heteroatoms. The Morgan fingerprint density at radius 2 is 1.77 bits per heavy atom. The zero-order chi connectivity index (χ0) is 21.7. The molecule has 30 heavy (non-hydrogen) atoms. The van der Waals surface area contributed by atoms with Crippen LogP contribution in [0.25, 0.3) is 5.69 Å². The summed E-state index contributed by atoms with van der Waals surface area (Å²) in [6.07, 6.45) is 1.44. The predicted octanol–water partition coefficient (Wildman–Crippen LogP) is 3.44. The van der Waals surface area contributed by atoms with Crippen LogP contribution in [0.3, 0.4) is 0 Å². The van der Waals surface area contributed by atoms with E-state index >= 15 is 0 Å². The van der Waals surface area contributed by atoms with Gasteiger partial charge in [-0.25, -0.2) is 9.48 Å². The molecule has 3 aromatic rings. The number of hydrogen-bond acceptors (Lipinski definition) is 8. The fourth-order valence-electron chi connectivity index (χ4n) is 2.58. The van der Waals surface area contributed by atoms with Crippen molar-refractivity contribution in [2.75, 3.05) is 6.61 Å². The molecule has 0 aliphatic heterocycles. The number of nitro benzene ring substituents is 2. The Morgan fingerprint density at radius 3 is 2.40 bits per heavy atom. The average molecular weight is 412 g/mol. The summed E-state index contributed by atoms with van der Waals surface area (Å²) in [6, 6.07) is 11.5. The third-order valence-corrected chi connectivity index (χ3v) is 3.99. The molecule has 0 amide bonds.